The fourth-order valence-corrected chi connectivity index (χ4v) is 4.05. The van der Waals surface area contributed by atoms with E-state index in [-0.39, 0.29) is 11.9 Å². The Morgan fingerprint density at radius 2 is 1.88 bits per heavy atom. The van der Waals surface area contributed by atoms with Crippen LogP contribution in [0.1, 0.15) is 60.2 Å². The quantitative estimate of drug-likeness (QED) is 0.786. The van der Waals surface area contributed by atoms with Crippen LogP contribution >= 0.6 is 15.9 Å². The molecule has 6 heteroatoms. The molecule has 0 spiro atoms. The van der Waals surface area contributed by atoms with Crippen molar-refractivity contribution < 1.29 is 4.79 Å². The number of fused-ring (bicyclic) bond motifs is 1. The number of benzene rings is 1. The highest BCUT2D eigenvalue weighted by Gasteiger charge is 2.34. The van der Waals surface area contributed by atoms with Crippen molar-refractivity contribution in [2.75, 3.05) is 6.54 Å². The molecule has 0 N–H and O–H groups in total. The zero-order chi connectivity index (χ0) is 16.5. The molecule has 0 saturated carbocycles. The van der Waals surface area contributed by atoms with E-state index < -0.39 is 0 Å². The van der Waals surface area contributed by atoms with Gasteiger partial charge in [-0.3, -0.25) is 4.79 Å². The van der Waals surface area contributed by atoms with E-state index in [1.54, 1.807) is 0 Å². The summed E-state index contributed by atoms with van der Waals surface area (Å²) in [7, 11) is 0. The lowest BCUT2D eigenvalue weighted by molar-refractivity contribution is 0.0727. The Morgan fingerprint density at radius 1 is 1.04 bits per heavy atom. The number of hydrogen-bond donors (Lipinski definition) is 0. The molecule has 2 aliphatic heterocycles. The minimum absolute atomic E-state index is 0.0560. The number of carbonyl (C=O) groups is 1. The minimum Gasteiger partial charge on any atom is -0.328 e. The fraction of sp³-hybridized carbons (Fsp3) is 0.500. The molecule has 0 aliphatic carbocycles. The lowest BCUT2D eigenvalue weighted by atomic mass is 10.1. The molecule has 0 bridgehead atoms. The van der Waals surface area contributed by atoms with Crippen LogP contribution in [0.5, 0.6) is 0 Å². The number of carbonyl (C=O) groups excluding carboxylic acids is 1. The van der Waals surface area contributed by atoms with Crippen LogP contribution in [0.25, 0.3) is 0 Å². The highest BCUT2D eigenvalue weighted by atomic mass is 79.9. The summed E-state index contributed by atoms with van der Waals surface area (Å²) in [6.07, 6.45) is 6.60. The maximum atomic E-state index is 13.0. The summed E-state index contributed by atoms with van der Waals surface area (Å²) in [4.78, 5) is 14.9. The first-order valence-corrected chi connectivity index (χ1v) is 9.52. The molecule has 1 aromatic carbocycles. The van der Waals surface area contributed by atoms with E-state index >= 15 is 0 Å². The van der Waals surface area contributed by atoms with Gasteiger partial charge in [-0.25, -0.2) is 0 Å². The molecule has 2 aliphatic rings. The third kappa shape index (κ3) is 2.88. The summed E-state index contributed by atoms with van der Waals surface area (Å²) >= 11 is 3.42. The smallest absolute Gasteiger partial charge is 0.254 e. The molecule has 1 unspecified atom stereocenters. The molecule has 1 atom stereocenters. The van der Waals surface area contributed by atoms with Gasteiger partial charge in [-0.1, -0.05) is 22.4 Å². The molecule has 24 heavy (non-hydrogen) atoms. The number of nitrogens with zero attached hydrogens (tertiary/aromatic N) is 4. The first-order chi connectivity index (χ1) is 11.7. The molecule has 1 amide bonds. The highest BCUT2D eigenvalue weighted by Crippen LogP contribution is 2.33. The van der Waals surface area contributed by atoms with Crippen molar-refractivity contribution in [3.05, 3.63) is 46.0 Å². The van der Waals surface area contributed by atoms with Crippen LogP contribution in [0.3, 0.4) is 0 Å². The first-order valence-electron chi connectivity index (χ1n) is 8.72. The molecular weight excluding hydrogens is 368 g/mol. The largest absolute Gasteiger partial charge is 0.328 e. The standard InChI is InChI=1S/C18H21BrN4O/c19-14-9-7-13(8-10-14)18(24)22-12-4-5-15(22)17-21-20-16-6-2-1-3-11-23(16)17/h7-10,15H,1-6,11-12H2. The SMILES string of the molecule is O=C(c1ccc(Br)cc1)N1CCCC1c1nnc2n1CCCCC2. The molecule has 126 valence electrons. The normalized spacial score (nSPS) is 20.7. The Balaban J connectivity index is 1.62. The van der Waals surface area contributed by atoms with Crippen LogP contribution in [-0.2, 0) is 13.0 Å². The van der Waals surface area contributed by atoms with Gasteiger partial charge in [-0.05, 0) is 49.9 Å². The molecule has 3 heterocycles. The number of hydrogen-bond acceptors (Lipinski definition) is 3. The van der Waals surface area contributed by atoms with Crippen molar-refractivity contribution >= 4 is 21.8 Å². The lowest BCUT2D eigenvalue weighted by Gasteiger charge is -2.24. The molecule has 5 nitrogen and oxygen atoms in total. The van der Waals surface area contributed by atoms with Gasteiger partial charge in [0.15, 0.2) is 5.82 Å². The second-order valence-electron chi connectivity index (χ2n) is 6.60. The Morgan fingerprint density at radius 3 is 2.71 bits per heavy atom. The number of rotatable bonds is 2. The lowest BCUT2D eigenvalue weighted by Crippen LogP contribution is -2.32. The number of likely N-dealkylation sites (tertiary alicyclic amines) is 1. The Labute approximate surface area is 150 Å². The topological polar surface area (TPSA) is 51.0 Å². The number of aryl methyl sites for hydroxylation is 1. The molecule has 4 rings (SSSR count). The van der Waals surface area contributed by atoms with E-state index in [1.807, 2.05) is 29.2 Å². The van der Waals surface area contributed by atoms with Crippen LogP contribution in [-0.4, -0.2) is 32.1 Å². The summed E-state index contributed by atoms with van der Waals surface area (Å²) in [5.74, 6) is 2.16. The molecule has 0 radical (unpaired) electrons. The second-order valence-corrected chi connectivity index (χ2v) is 7.52. The van der Waals surface area contributed by atoms with Gasteiger partial charge in [0.2, 0.25) is 0 Å². The first kappa shape index (κ1) is 15.8. The van der Waals surface area contributed by atoms with Gasteiger partial charge in [-0.2, -0.15) is 0 Å². The average Bonchev–Trinajstić information content (AvgIpc) is 3.16. The maximum Gasteiger partial charge on any atom is 0.254 e. The van der Waals surface area contributed by atoms with Gasteiger partial charge >= 0.3 is 0 Å². The predicted octanol–water partition coefficient (Wildman–Crippen LogP) is 3.74. The number of amides is 1. The van der Waals surface area contributed by atoms with Crippen molar-refractivity contribution in [2.45, 2.75) is 51.1 Å². The van der Waals surface area contributed by atoms with Gasteiger partial charge < -0.3 is 9.47 Å². The summed E-state index contributed by atoms with van der Waals surface area (Å²) in [6, 6.07) is 7.65. The monoisotopic (exact) mass is 388 g/mol. The summed E-state index contributed by atoms with van der Waals surface area (Å²) in [5.41, 5.74) is 0.737. The number of aromatic nitrogens is 3. The van der Waals surface area contributed by atoms with Crippen molar-refractivity contribution in [3.63, 3.8) is 0 Å². The molecule has 1 saturated heterocycles. The van der Waals surface area contributed by atoms with Crippen LogP contribution in [0, 0.1) is 0 Å². The highest BCUT2D eigenvalue weighted by molar-refractivity contribution is 9.10. The van der Waals surface area contributed by atoms with Crippen LogP contribution in [0.15, 0.2) is 28.7 Å². The minimum atomic E-state index is 0.0560. The van der Waals surface area contributed by atoms with Crippen molar-refractivity contribution in [2.24, 2.45) is 0 Å². The Bertz CT molecular complexity index is 740. The van der Waals surface area contributed by atoms with E-state index in [9.17, 15) is 4.79 Å². The van der Waals surface area contributed by atoms with Gasteiger partial charge in [0.05, 0.1) is 6.04 Å². The Hall–Kier alpha value is -1.69. The van der Waals surface area contributed by atoms with Gasteiger partial charge in [0.1, 0.15) is 5.82 Å². The summed E-state index contributed by atoms with van der Waals surface area (Å²) in [6.45, 7) is 1.77. The molecule has 1 fully saturated rings. The number of halogens is 1. The summed E-state index contributed by atoms with van der Waals surface area (Å²) < 4.78 is 3.25. The zero-order valence-electron chi connectivity index (χ0n) is 13.6. The van der Waals surface area contributed by atoms with Crippen LogP contribution < -0.4 is 0 Å². The third-order valence-corrected chi connectivity index (χ3v) is 5.57. The predicted molar refractivity (Wildman–Crippen MR) is 94.7 cm³/mol. The third-order valence-electron chi connectivity index (χ3n) is 5.04. The maximum absolute atomic E-state index is 13.0. The van der Waals surface area contributed by atoms with E-state index in [4.69, 9.17) is 0 Å². The van der Waals surface area contributed by atoms with Gasteiger partial charge in [-0.15, -0.1) is 10.2 Å². The van der Waals surface area contributed by atoms with Crippen molar-refractivity contribution in [1.29, 1.82) is 0 Å². The molecule has 2 aromatic rings. The van der Waals surface area contributed by atoms with E-state index in [1.165, 1.54) is 19.3 Å². The molecular formula is C18H21BrN4O. The van der Waals surface area contributed by atoms with Crippen LogP contribution in [0.4, 0.5) is 0 Å². The van der Waals surface area contributed by atoms with Crippen molar-refractivity contribution in [3.8, 4) is 0 Å². The van der Waals surface area contributed by atoms with Gasteiger partial charge in [0.25, 0.3) is 5.91 Å². The van der Waals surface area contributed by atoms with Gasteiger partial charge in [0, 0.05) is 29.5 Å². The Kier molecular flexibility index (Phi) is 4.39. The van der Waals surface area contributed by atoms with E-state index in [2.05, 4.69) is 30.7 Å². The fourth-order valence-electron chi connectivity index (χ4n) is 3.79. The van der Waals surface area contributed by atoms with Crippen LogP contribution in [0.2, 0.25) is 0 Å². The molecule has 1 aromatic heterocycles. The zero-order valence-corrected chi connectivity index (χ0v) is 15.2. The van der Waals surface area contributed by atoms with Crippen molar-refractivity contribution in [1.82, 2.24) is 19.7 Å². The van der Waals surface area contributed by atoms with E-state index in [0.717, 1.165) is 54.0 Å². The average molecular weight is 389 g/mol. The second kappa shape index (κ2) is 6.67. The van der Waals surface area contributed by atoms with E-state index in [0.29, 0.717) is 0 Å². The summed E-state index contributed by atoms with van der Waals surface area (Å²) in [5, 5.41) is 8.88.